The Morgan fingerprint density at radius 3 is 2.79 bits per heavy atom. The number of hydrogen-bond donors (Lipinski definition) is 1. The van der Waals surface area contributed by atoms with Crippen molar-refractivity contribution in [1.29, 1.82) is 0 Å². The number of rotatable bonds is 5. The molecular formula is C24H21ClN4O3S. The average Bonchev–Trinajstić information content (AvgIpc) is 3.24. The largest absolute Gasteiger partial charge is 0.346 e. The van der Waals surface area contributed by atoms with Crippen molar-refractivity contribution in [2.45, 2.75) is 24.3 Å². The fraction of sp³-hybridized carbons (Fsp3) is 0.167. The van der Waals surface area contributed by atoms with E-state index in [9.17, 15) is 13.2 Å². The molecule has 2 aromatic carbocycles. The van der Waals surface area contributed by atoms with Gasteiger partial charge in [-0.2, -0.15) is 0 Å². The maximum absolute atomic E-state index is 13.4. The van der Waals surface area contributed by atoms with Crippen LogP contribution in [0, 0.1) is 0 Å². The quantitative estimate of drug-likeness (QED) is 0.467. The lowest BCUT2D eigenvalue weighted by Gasteiger charge is -2.30. The van der Waals surface area contributed by atoms with Crippen molar-refractivity contribution in [1.82, 2.24) is 14.7 Å². The number of carbonyl (C=O) groups excluding carboxylic acids is 1. The van der Waals surface area contributed by atoms with E-state index in [1.165, 1.54) is 16.4 Å². The van der Waals surface area contributed by atoms with E-state index in [2.05, 4.69) is 10.3 Å². The van der Waals surface area contributed by atoms with Crippen molar-refractivity contribution in [3.05, 3.63) is 94.9 Å². The Kier molecular flexibility index (Phi) is 5.55. The number of nitrogens with zero attached hydrogens (tertiary/aromatic N) is 3. The van der Waals surface area contributed by atoms with Crippen LogP contribution in [0.5, 0.6) is 0 Å². The molecule has 1 N–H and O–H groups in total. The van der Waals surface area contributed by atoms with Crippen LogP contribution in [0.25, 0.3) is 5.65 Å². The number of fused-ring (bicyclic) bond motifs is 2. The number of para-hydroxylation sites is 1. The molecule has 3 heterocycles. The molecule has 4 aromatic rings. The van der Waals surface area contributed by atoms with E-state index in [1.54, 1.807) is 41.1 Å². The average molecular weight is 481 g/mol. The molecule has 2 aromatic heterocycles. The summed E-state index contributed by atoms with van der Waals surface area (Å²) in [6, 6.07) is 17.2. The molecule has 0 fully saturated rings. The Morgan fingerprint density at radius 1 is 1.06 bits per heavy atom. The van der Waals surface area contributed by atoms with Crippen molar-refractivity contribution in [2.75, 3.05) is 10.8 Å². The number of aryl methyl sites for hydroxylation is 1. The minimum Gasteiger partial charge on any atom is -0.346 e. The van der Waals surface area contributed by atoms with Gasteiger partial charge in [0.05, 0.1) is 27.8 Å². The lowest BCUT2D eigenvalue weighted by molar-refractivity contribution is 0.0950. The highest BCUT2D eigenvalue weighted by atomic mass is 35.5. The highest BCUT2D eigenvalue weighted by molar-refractivity contribution is 7.92. The molecule has 168 valence electrons. The second-order valence-corrected chi connectivity index (χ2v) is 10.2. The highest BCUT2D eigenvalue weighted by Gasteiger charge is 2.29. The van der Waals surface area contributed by atoms with Gasteiger partial charge in [0.2, 0.25) is 0 Å². The molecule has 1 amide bonds. The molecule has 5 rings (SSSR count). The van der Waals surface area contributed by atoms with Crippen molar-refractivity contribution in [3.8, 4) is 0 Å². The van der Waals surface area contributed by atoms with Crippen LogP contribution >= 0.6 is 11.6 Å². The first kappa shape index (κ1) is 21.5. The number of hydrogen-bond acceptors (Lipinski definition) is 4. The fourth-order valence-corrected chi connectivity index (χ4v) is 5.80. The monoisotopic (exact) mass is 480 g/mol. The number of anilines is 1. The van der Waals surface area contributed by atoms with Gasteiger partial charge in [-0.1, -0.05) is 35.9 Å². The molecule has 0 bridgehead atoms. The number of amides is 1. The number of pyridine rings is 1. The van der Waals surface area contributed by atoms with E-state index in [1.807, 2.05) is 24.3 Å². The van der Waals surface area contributed by atoms with Gasteiger partial charge in [-0.25, -0.2) is 13.4 Å². The predicted octanol–water partition coefficient (Wildman–Crippen LogP) is 4.06. The van der Waals surface area contributed by atoms with Gasteiger partial charge >= 0.3 is 0 Å². The smallest absolute Gasteiger partial charge is 0.264 e. The Labute approximate surface area is 196 Å². The molecule has 0 saturated heterocycles. The molecular weight excluding hydrogens is 460 g/mol. The molecule has 0 unspecified atom stereocenters. The van der Waals surface area contributed by atoms with Gasteiger partial charge in [-0.05, 0) is 54.8 Å². The SMILES string of the molecule is O=C(NCc1cn2cc(Cl)ccc2n1)c1cccc(S(=O)(=O)N2CCCc3ccccc32)c1. The lowest BCUT2D eigenvalue weighted by Crippen LogP contribution is -2.35. The molecule has 9 heteroatoms. The summed E-state index contributed by atoms with van der Waals surface area (Å²) in [5.74, 6) is -0.374. The first-order chi connectivity index (χ1) is 15.9. The second-order valence-electron chi connectivity index (χ2n) is 7.86. The standard InChI is InChI=1S/C24H21ClN4O3S/c25-19-10-11-23-27-20(16-28(23)15-19)14-26-24(30)18-6-3-8-21(13-18)33(31,32)29-12-4-7-17-5-1-2-9-22(17)29/h1-3,5-6,8-11,13,15-16H,4,7,12,14H2,(H,26,30). The van der Waals surface area contributed by atoms with E-state index < -0.39 is 10.0 Å². The first-order valence-corrected chi connectivity index (χ1v) is 12.4. The van der Waals surface area contributed by atoms with E-state index in [0.29, 0.717) is 22.9 Å². The van der Waals surface area contributed by atoms with Gasteiger partial charge in [-0.3, -0.25) is 9.10 Å². The molecule has 7 nitrogen and oxygen atoms in total. The van der Waals surface area contributed by atoms with E-state index in [-0.39, 0.29) is 22.9 Å². The zero-order valence-electron chi connectivity index (χ0n) is 17.6. The second kappa shape index (κ2) is 8.53. The maximum Gasteiger partial charge on any atom is 0.264 e. The molecule has 33 heavy (non-hydrogen) atoms. The van der Waals surface area contributed by atoms with Gasteiger partial charge in [0.15, 0.2) is 0 Å². The molecule has 1 aliphatic heterocycles. The van der Waals surface area contributed by atoms with Gasteiger partial charge in [0, 0.05) is 24.5 Å². The third kappa shape index (κ3) is 4.19. The van der Waals surface area contributed by atoms with Crippen LogP contribution in [0.1, 0.15) is 28.0 Å². The summed E-state index contributed by atoms with van der Waals surface area (Å²) < 4.78 is 30.0. The number of imidazole rings is 1. The first-order valence-electron chi connectivity index (χ1n) is 10.5. The van der Waals surface area contributed by atoms with Crippen LogP contribution < -0.4 is 9.62 Å². The number of nitrogens with one attached hydrogen (secondary N) is 1. The summed E-state index contributed by atoms with van der Waals surface area (Å²) in [7, 11) is -3.79. The minimum atomic E-state index is -3.79. The van der Waals surface area contributed by atoms with Crippen LogP contribution in [0.3, 0.4) is 0 Å². The summed E-state index contributed by atoms with van der Waals surface area (Å²) in [4.78, 5) is 17.3. The Morgan fingerprint density at radius 2 is 1.91 bits per heavy atom. The summed E-state index contributed by atoms with van der Waals surface area (Å²) >= 11 is 6.00. The lowest BCUT2D eigenvalue weighted by atomic mass is 10.0. The summed E-state index contributed by atoms with van der Waals surface area (Å²) in [5.41, 5.74) is 3.37. The van der Waals surface area contributed by atoms with Crippen molar-refractivity contribution >= 4 is 38.9 Å². The number of benzene rings is 2. The predicted molar refractivity (Wildman–Crippen MR) is 127 cm³/mol. The normalized spacial score (nSPS) is 13.7. The van der Waals surface area contributed by atoms with Gasteiger partial charge in [0.1, 0.15) is 5.65 Å². The van der Waals surface area contributed by atoms with E-state index in [0.717, 1.165) is 24.1 Å². The summed E-state index contributed by atoms with van der Waals surface area (Å²) in [6.45, 7) is 0.613. The zero-order valence-corrected chi connectivity index (χ0v) is 19.2. The van der Waals surface area contributed by atoms with Crippen LogP contribution in [0.2, 0.25) is 5.02 Å². The van der Waals surface area contributed by atoms with Crippen LogP contribution in [-0.4, -0.2) is 30.3 Å². The topological polar surface area (TPSA) is 83.8 Å². The van der Waals surface area contributed by atoms with Crippen LogP contribution in [0.4, 0.5) is 5.69 Å². The third-order valence-corrected chi connectivity index (χ3v) is 7.68. The molecule has 0 radical (unpaired) electrons. The molecule has 0 spiro atoms. The molecule has 0 aliphatic carbocycles. The van der Waals surface area contributed by atoms with Crippen LogP contribution in [0.15, 0.2) is 78.0 Å². The highest BCUT2D eigenvalue weighted by Crippen LogP contribution is 2.32. The zero-order chi connectivity index (χ0) is 23.0. The molecule has 0 saturated carbocycles. The van der Waals surface area contributed by atoms with Gasteiger partial charge in [0.25, 0.3) is 15.9 Å². The number of carbonyl (C=O) groups is 1. The Hall–Kier alpha value is -3.36. The minimum absolute atomic E-state index is 0.0919. The number of sulfonamides is 1. The van der Waals surface area contributed by atoms with E-state index >= 15 is 0 Å². The van der Waals surface area contributed by atoms with Crippen molar-refractivity contribution in [3.63, 3.8) is 0 Å². The van der Waals surface area contributed by atoms with Gasteiger partial charge < -0.3 is 9.72 Å². The van der Waals surface area contributed by atoms with Crippen molar-refractivity contribution in [2.24, 2.45) is 0 Å². The third-order valence-electron chi connectivity index (χ3n) is 5.65. The van der Waals surface area contributed by atoms with E-state index in [4.69, 9.17) is 11.6 Å². The van der Waals surface area contributed by atoms with Crippen LogP contribution in [-0.2, 0) is 23.0 Å². The Balaban J connectivity index is 1.35. The molecule has 1 aliphatic rings. The number of aromatic nitrogens is 2. The fourth-order valence-electron chi connectivity index (χ4n) is 4.05. The van der Waals surface area contributed by atoms with Gasteiger partial charge in [-0.15, -0.1) is 0 Å². The number of halogens is 1. The summed E-state index contributed by atoms with van der Waals surface area (Å²) in [6.07, 6.45) is 5.12. The molecule has 0 atom stereocenters. The maximum atomic E-state index is 13.4. The summed E-state index contributed by atoms with van der Waals surface area (Å²) in [5, 5.41) is 3.40. The van der Waals surface area contributed by atoms with Crippen molar-refractivity contribution < 1.29 is 13.2 Å². The Bertz CT molecular complexity index is 1470.